The van der Waals surface area contributed by atoms with E-state index in [1.807, 2.05) is 6.92 Å². The van der Waals surface area contributed by atoms with E-state index >= 15 is 0 Å². The topological polar surface area (TPSA) is 55.1 Å². The number of amides is 1. The molecule has 0 aliphatic rings. The average Bonchev–Trinajstić information content (AvgIpc) is 2.34. The lowest BCUT2D eigenvalue weighted by Gasteiger charge is -2.13. The molecule has 0 spiro atoms. The van der Waals surface area contributed by atoms with Crippen LogP contribution in [0.15, 0.2) is 24.3 Å². The summed E-state index contributed by atoms with van der Waals surface area (Å²) in [4.78, 5) is 11.6. The second-order valence-corrected chi connectivity index (χ2v) is 5.13. The Balaban J connectivity index is 2.34. The summed E-state index contributed by atoms with van der Waals surface area (Å²) in [5, 5.41) is 2.96. The number of nitrogens with one attached hydrogen (secondary N) is 1. The van der Waals surface area contributed by atoms with E-state index in [9.17, 15) is 4.79 Å². The minimum atomic E-state index is 0.0882. The number of carbonyl (C=O) groups excluding carboxylic acids is 1. The van der Waals surface area contributed by atoms with Crippen molar-refractivity contribution < 1.29 is 4.79 Å². The summed E-state index contributed by atoms with van der Waals surface area (Å²) in [5.41, 5.74) is 8.14. The first kappa shape index (κ1) is 14.7. The monoisotopic (exact) mass is 248 g/mol. The summed E-state index contributed by atoms with van der Waals surface area (Å²) in [6, 6.07) is 8.53. The van der Waals surface area contributed by atoms with E-state index in [0.29, 0.717) is 18.9 Å². The standard InChI is InChI=1S/C15H24N2O/c1-11-4-7-14(8-5-11)12(2)10-17-15(18)9-6-13(3)16/h4-5,7-8,12-13H,6,9-10,16H2,1-3H3,(H,17,18). The Labute approximate surface area is 110 Å². The molecule has 0 heterocycles. The zero-order valence-corrected chi connectivity index (χ0v) is 11.6. The van der Waals surface area contributed by atoms with E-state index in [4.69, 9.17) is 5.73 Å². The highest BCUT2D eigenvalue weighted by Gasteiger charge is 2.08. The van der Waals surface area contributed by atoms with Crippen molar-refractivity contribution in [2.45, 2.75) is 45.6 Å². The lowest BCUT2D eigenvalue weighted by Crippen LogP contribution is -2.29. The molecule has 1 amide bonds. The summed E-state index contributed by atoms with van der Waals surface area (Å²) in [6.45, 7) is 6.80. The van der Waals surface area contributed by atoms with Crippen LogP contribution in [0, 0.1) is 6.92 Å². The molecule has 0 saturated heterocycles. The van der Waals surface area contributed by atoms with Gasteiger partial charge in [0.2, 0.25) is 5.91 Å². The van der Waals surface area contributed by atoms with Gasteiger partial charge in [-0.1, -0.05) is 36.8 Å². The Morgan fingerprint density at radius 1 is 1.28 bits per heavy atom. The summed E-state index contributed by atoms with van der Waals surface area (Å²) in [6.07, 6.45) is 1.25. The van der Waals surface area contributed by atoms with E-state index in [2.05, 4.69) is 43.4 Å². The Morgan fingerprint density at radius 3 is 2.44 bits per heavy atom. The van der Waals surface area contributed by atoms with Crippen LogP contribution < -0.4 is 11.1 Å². The third-order valence-electron chi connectivity index (χ3n) is 3.08. The summed E-state index contributed by atoms with van der Waals surface area (Å²) in [5.74, 6) is 0.427. The molecule has 100 valence electrons. The van der Waals surface area contributed by atoms with E-state index in [1.165, 1.54) is 11.1 Å². The SMILES string of the molecule is Cc1ccc(C(C)CNC(=O)CCC(C)N)cc1. The number of nitrogens with two attached hydrogens (primary N) is 1. The largest absolute Gasteiger partial charge is 0.356 e. The Morgan fingerprint density at radius 2 is 1.89 bits per heavy atom. The van der Waals surface area contributed by atoms with Crippen molar-refractivity contribution in [2.24, 2.45) is 5.73 Å². The molecular formula is C15H24N2O. The highest BCUT2D eigenvalue weighted by Crippen LogP contribution is 2.14. The second kappa shape index (κ2) is 7.17. The van der Waals surface area contributed by atoms with Crippen LogP contribution in [-0.4, -0.2) is 18.5 Å². The highest BCUT2D eigenvalue weighted by atomic mass is 16.1. The van der Waals surface area contributed by atoms with Gasteiger partial charge in [0.15, 0.2) is 0 Å². The summed E-state index contributed by atoms with van der Waals surface area (Å²) < 4.78 is 0. The van der Waals surface area contributed by atoms with Gasteiger partial charge in [0.1, 0.15) is 0 Å². The third-order valence-corrected chi connectivity index (χ3v) is 3.08. The number of benzene rings is 1. The smallest absolute Gasteiger partial charge is 0.220 e. The molecule has 3 N–H and O–H groups in total. The molecule has 0 saturated carbocycles. The molecular weight excluding hydrogens is 224 g/mol. The van der Waals surface area contributed by atoms with Crippen LogP contribution in [-0.2, 0) is 4.79 Å². The number of hydrogen-bond acceptors (Lipinski definition) is 2. The Hall–Kier alpha value is -1.35. The fourth-order valence-corrected chi connectivity index (χ4v) is 1.73. The van der Waals surface area contributed by atoms with Gasteiger partial charge in [-0.3, -0.25) is 4.79 Å². The van der Waals surface area contributed by atoms with Crippen LogP contribution in [0.1, 0.15) is 43.7 Å². The predicted molar refractivity (Wildman–Crippen MR) is 75.5 cm³/mol. The van der Waals surface area contributed by atoms with E-state index in [-0.39, 0.29) is 11.9 Å². The normalized spacial score (nSPS) is 14.0. The molecule has 2 unspecified atom stereocenters. The number of rotatable bonds is 6. The molecule has 2 atom stereocenters. The number of hydrogen-bond donors (Lipinski definition) is 2. The molecule has 0 aliphatic carbocycles. The molecule has 3 heteroatoms. The Kier molecular flexibility index (Phi) is 5.86. The van der Waals surface area contributed by atoms with E-state index < -0.39 is 0 Å². The van der Waals surface area contributed by atoms with Gasteiger partial charge in [-0.2, -0.15) is 0 Å². The third kappa shape index (κ3) is 5.32. The van der Waals surface area contributed by atoms with Crippen molar-refractivity contribution in [1.29, 1.82) is 0 Å². The van der Waals surface area contributed by atoms with Gasteiger partial charge in [-0.15, -0.1) is 0 Å². The van der Waals surface area contributed by atoms with Gasteiger partial charge in [-0.05, 0) is 31.7 Å². The molecule has 18 heavy (non-hydrogen) atoms. The fraction of sp³-hybridized carbons (Fsp3) is 0.533. The van der Waals surface area contributed by atoms with Crippen molar-refractivity contribution in [3.05, 3.63) is 35.4 Å². The van der Waals surface area contributed by atoms with E-state index in [0.717, 1.165) is 6.42 Å². The van der Waals surface area contributed by atoms with Gasteiger partial charge in [0, 0.05) is 19.0 Å². The molecule has 1 aromatic carbocycles. The zero-order chi connectivity index (χ0) is 13.5. The lowest BCUT2D eigenvalue weighted by atomic mass is 10.00. The van der Waals surface area contributed by atoms with Crippen molar-refractivity contribution in [3.8, 4) is 0 Å². The number of aryl methyl sites for hydroxylation is 1. The zero-order valence-electron chi connectivity index (χ0n) is 11.6. The fourth-order valence-electron chi connectivity index (χ4n) is 1.73. The number of carbonyl (C=O) groups is 1. The first-order valence-electron chi connectivity index (χ1n) is 6.58. The molecule has 1 aromatic rings. The van der Waals surface area contributed by atoms with Crippen LogP contribution in [0.2, 0.25) is 0 Å². The van der Waals surface area contributed by atoms with Crippen molar-refractivity contribution in [1.82, 2.24) is 5.32 Å². The lowest BCUT2D eigenvalue weighted by molar-refractivity contribution is -0.121. The first-order valence-corrected chi connectivity index (χ1v) is 6.58. The van der Waals surface area contributed by atoms with Crippen molar-refractivity contribution >= 4 is 5.91 Å². The van der Waals surface area contributed by atoms with Crippen LogP contribution in [0.4, 0.5) is 0 Å². The first-order chi connectivity index (χ1) is 8.49. The van der Waals surface area contributed by atoms with Gasteiger partial charge < -0.3 is 11.1 Å². The van der Waals surface area contributed by atoms with Gasteiger partial charge in [0.05, 0.1) is 0 Å². The molecule has 0 bridgehead atoms. The minimum Gasteiger partial charge on any atom is -0.356 e. The van der Waals surface area contributed by atoms with Crippen LogP contribution >= 0.6 is 0 Å². The molecule has 0 radical (unpaired) electrons. The Bertz CT molecular complexity index is 371. The van der Waals surface area contributed by atoms with E-state index in [1.54, 1.807) is 0 Å². The quantitative estimate of drug-likeness (QED) is 0.812. The maximum Gasteiger partial charge on any atom is 0.220 e. The van der Waals surface area contributed by atoms with Crippen LogP contribution in [0.25, 0.3) is 0 Å². The molecule has 3 nitrogen and oxygen atoms in total. The highest BCUT2D eigenvalue weighted by molar-refractivity contribution is 5.75. The summed E-state index contributed by atoms with van der Waals surface area (Å²) >= 11 is 0. The maximum absolute atomic E-state index is 11.6. The van der Waals surface area contributed by atoms with Crippen molar-refractivity contribution in [3.63, 3.8) is 0 Å². The van der Waals surface area contributed by atoms with Crippen molar-refractivity contribution in [2.75, 3.05) is 6.54 Å². The second-order valence-electron chi connectivity index (χ2n) is 5.13. The van der Waals surface area contributed by atoms with Gasteiger partial charge in [-0.25, -0.2) is 0 Å². The predicted octanol–water partition coefficient (Wildman–Crippen LogP) is 2.34. The summed E-state index contributed by atoms with van der Waals surface area (Å²) in [7, 11) is 0. The molecule has 0 aromatic heterocycles. The molecule has 0 aliphatic heterocycles. The molecule has 1 rings (SSSR count). The van der Waals surface area contributed by atoms with Crippen LogP contribution in [0.3, 0.4) is 0 Å². The van der Waals surface area contributed by atoms with Crippen LogP contribution in [0.5, 0.6) is 0 Å². The minimum absolute atomic E-state index is 0.0882. The molecule has 0 fully saturated rings. The average molecular weight is 248 g/mol. The van der Waals surface area contributed by atoms with Gasteiger partial charge >= 0.3 is 0 Å². The maximum atomic E-state index is 11.6. The van der Waals surface area contributed by atoms with Gasteiger partial charge in [0.25, 0.3) is 0 Å².